The molecular weight excluding hydrogens is 374 g/mol. The van der Waals surface area contributed by atoms with Gasteiger partial charge in [0.2, 0.25) is 11.8 Å². The first-order valence-electron chi connectivity index (χ1n) is 10.4. The molecule has 0 atom stereocenters. The molecule has 1 aromatic carbocycles. The van der Waals surface area contributed by atoms with Gasteiger partial charge >= 0.3 is 0 Å². The average Bonchev–Trinajstić information content (AvgIpc) is 2.72. The van der Waals surface area contributed by atoms with Gasteiger partial charge in [0.15, 0.2) is 0 Å². The second kappa shape index (κ2) is 10.8. The third kappa shape index (κ3) is 6.49. The summed E-state index contributed by atoms with van der Waals surface area (Å²) in [7, 11) is 0. The Morgan fingerprint density at radius 3 is 2.43 bits per heavy atom. The zero-order chi connectivity index (χ0) is 19.1. The summed E-state index contributed by atoms with van der Waals surface area (Å²) in [6.07, 6.45) is 5.12. The number of carbonyl (C=O) groups excluding carboxylic acids is 2. The lowest BCUT2D eigenvalue weighted by Crippen LogP contribution is -2.47. The van der Waals surface area contributed by atoms with Gasteiger partial charge in [0, 0.05) is 32.0 Å². The van der Waals surface area contributed by atoms with Gasteiger partial charge in [-0.2, -0.15) is 0 Å². The molecule has 156 valence electrons. The van der Waals surface area contributed by atoms with Gasteiger partial charge in [0.1, 0.15) is 0 Å². The predicted molar refractivity (Wildman–Crippen MR) is 115 cm³/mol. The molecular formula is C22H34ClN3O2. The van der Waals surface area contributed by atoms with Gasteiger partial charge in [-0.05, 0) is 56.2 Å². The highest BCUT2D eigenvalue weighted by Gasteiger charge is 2.30. The number of carbonyl (C=O) groups is 2. The number of halogens is 1. The number of aryl methyl sites for hydroxylation is 1. The van der Waals surface area contributed by atoms with E-state index in [0.29, 0.717) is 19.5 Å². The highest BCUT2D eigenvalue weighted by atomic mass is 35.5. The van der Waals surface area contributed by atoms with Gasteiger partial charge in [0.05, 0.1) is 0 Å². The molecule has 0 spiro atoms. The van der Waals surface area contributed by atoms with E-state index in [1.54, 1.807) is 0 Å². The third-order valence-electron chi connectivity index (χ3n) is 6.19. The van der Waals surface area contributed by atoms with Gasteiger partial charge in [-0.25, -0.2) is 0 Å². The minimum atomic E-state index is 0. The number of benzene rings is 1. The zero-order valence-electron chi connectivity index (χ0n) is 16.9. The first-order valence-corrected chi connectivity index (χ1v) is 10.4. The number of rotatable bonds is 6. The van der Waals surface area contributed by atoms with Gasteiger partial charge in [0.25, 0.3) is 0 Å². The van der Waals surface area contributed by atoms with Crippen LogP contribution in [-0.2, 0) is 16.0 Å². The lowest BCUT2D eigenvalue weighted by atomic mass is 9.81. The topological polar surface area (TPSA) is 61.4 Å². The standard InChI is InChI=1S/C22H33N3O2.ClH/c1-22(11-13-23-14-12-22)17-24-21(27)19-9-15-25(16-10-19)20(26)8-7-18-5-3-2-4-6-18;/h2-6,19,23H,7-17H2,1H3,(H,24,27);1H. The minimum absolute atomic E-state index is 0. The van der Waals surface area contributed by atoms with E-state index in [9.17, 15) is 9.59 Å². The van der Waals surface area contributed by atoms with Crippen molar-refractivity contribution in [1.82, 2.24) is 15.5 Å². The van der Waals surface area contributed by atoms with Crippen LogP contribution in [0.25, 0.3) is 0 Å². The molecule has 2 aliphatic rings. The first kappa shape index (κ1) is 22.7. The maximum absolute atomic E-state index is 12.5. The second-order valence-corrected chi connectivity index (χ2v) is 8.42. The summed E-state index contributed by atoms with van der Waals surface area (Å²) in [5.41, 5.74) is 1.42. The number of nitrogens with zero attached hydrogens (tertiary/aromatic N) is 1. The van der Waals surface area contributed by atoms with Gasteiger partial charge in [-0.15, -0.1) is 12.4 Å². The van der Waals surface area contributed by atoms with Crippen molar-refractivity contribution < 1.29 is 9.59 Å². The molecule has 3 rings (SSSR count). The molecule has 0 bridgehead atoms. The van der Waals surface area contributed by atoms with Crippen LogP contribution < -0.4 is 10.6 Å². The molecule has 28 heavy (non-hydrogen) atoms. The first-order chi connectivity index (χ1) is 13.1. The average molecular weight is 408 g/mol. The van der Waals surface area contributed by atoms with E-state index in [4.69, 9.17) is 0 Å². The fraction of sp³-hybridized carbons (Fsp3) is 0.636. The molecule has 0 unspecified atom stereocenters. The maximum atomic E-state index is 12.5. The largest absolute Gasteiger partial charge is 0.355 e. The molecule has 5 nitrogen and oxygen atoms in total. The molecule has 2 saturated heterocycles. The van der Waals surface area contributed by atoms with Crippen molar-refractivity contribution in [3.05, 3.63) is 35.9 Å². The van der Waals surface area contributed by atoms with E-state index in [1.165, 1.54) is 5.56 Å². The van der Waals surface area contributed by atoms with Crippen LogP contribution in [-0.4, -0.2) is 49.4 Å². The third-order valence-corrected chi connectivity index (χ3v) is 6.19. The van der Waals surface area contributed by atoms with Crippen LogP contribution in [0.15, 0.2) is 30.3 Å². The van der Waals surface area contributed by atoms with E-state index in [1.807, 2.05) is 23.1 Å². The van der Waals surface area contributed by atoms with Crippen molar-refractivity contribution in [2.75, 3.05) is 32.7 Å². The molecule has 2 N–H and O–H groups in total. The number of likely N-dealkylation sites (tertiary alicyclic amines) is 1. The molecule has 0 radical (unpaired) electrons. The van der Waals surface area contributed by atoms with Gasteiger partial charge in [-0.3, -0.25) is 9.59 Å². The van der Waals surface area contributed by atoms with Crippen molar-refractivity contribution >= 4 is 24.2 Å². The molecule has 0 saturated carbocycles. The Kier molecular flexibility index (Phi) is 8.77. The Morgan fingerprint density at radius 2 is 1.79 bits per heavy atom. The highest BCUT2D eigenvalue weighted by Crippen LogP contribution is 2.27. The van der Waals surface area contributed by atoms with E-state index in [-0.39, 0.29) is 35.6 Å². The zero-order valence-corrected chi connectivity index (χ0v) is 17.7. The van der Waals surface area contributed by atoms with Crippen LogP contribution >= 0.6 is 12.4 Å². The van der Waals surface area contributed by atoms with Crippen LogP contribution in [0.3, 0.4) is 0 Å². The van der Waals surface area contributed by atoms with Crippen LogP contribution in [0.5, 0.6) is 0 Å². The Balaban J connectivity index is 0.00000280. The summed E-state index contributed by atoms with van der Waals surface area (Å²) in [4.78, 5) is 26.9. The number of piperidine rings is 2. The van der Waals surface area contributed by atoms with E-state index in [2.05, 4.69) is 29.7 Å². The molecule has 1 aromatic rings. The number of amides is 2. The molecule has 2 aliphatic heterocycles. The maximum Gasteiger partial charge on any atom is 0.223 e. The molecule has 0 aliphatic carbocycles. The Labute approximate surface area is 175 Å². The fourth-order valence-corrected chi connectivity index (χ4v) is 4.10. The van der Waals surface area contributed by atoms with Gasteiger partial charge < -0.3 is 15.5 Å². The van der Waals surface area contributed by atoms with E-state index >= 15 is 0 Å². The molecule has 2 amide bonds. The van der Waals surface area contributed by atoms with E-state index < -0.39 is 0 Å². The summed E-state index contributed by atoms with van der Waals surface area (Å²) in [5.74, 6) is 0.430. The molecule has 2 heterocycles. The quantitative estimate of drug-likeness (QED) is 0.762. The second-order valence-electron chi connectivity index (χ2n) is 8.42. The smallest absolute Gasteiger partial charge is 0.223 e. The van der Waals surface area contributed by atoms with Crippen molar-refractivity contribution in [3.63, 3.8) is 0 Å². The van der Waals surface area contributed by atoms with Crippen LogP contribution in [0.4, 0.5) is 0 Å². The van der Waals surface area contributed by atoms with Crippen molar-refractivity contribution in [1.29, 1.82) is 0 Å². The van der Waals surface area contributed by atoms with Gasteiger partial charge in [-0.1, -0.05) is 37.3 Å². The fourth-order valence-electron chi connectivity index (χ4n) is 4.10. The van der Waals surface area contributed by atoms with Crippen molar-refractivity contribution in [2.45, 2.75) is 45.4 Å². The van der Waals surface area contributed by atoms with Crippen LogP contribution in [0, 0.1) is 11.3 Å². The Morgan fingerprint density at radius 1 is 1.14 bits per heavy atom. The monoisotopic (exact) mass is 407 g/mol. The SMILES string of the molecule is CC1(CNC(=O)C2CCN(C(=O)CCc3ccccc3)CC2)CCNCC1.Cl. The summed E-state index contributed by atoms with van der Waals surface area (Å²) < 4.78 is 0. The Hall–Kier alpha value is -1.59. The number of nitrogens with one attached hydrogen (secondary N) is 2. The predicted octanol–water partition coefficient (Wildman–Crippen LogP) is 2.79. The summed E-state index contributed by atoms with van der Waals surface area (Å²) in [6, 6.07) is 10.1. The number of hydrogen-bond donors (Lipinski definition) is 2. The summed E-state index contributed by atoms with van der Waals surface area (Å²) in [5, 5.41) is 6.56. The van der Waals surface area contributed by atoms with Crippen LogP contribution in [0.2, 0.25) is 0 Å². The molecule has 2 fully saturated rings. The van der Waals surface area contributed by atoms with Crippen molar-refractivity contribution in [3.8, 4) is 0 Å². The summed E-state index contributed by atoms with van der Waals surface area (Å²) >= 11 is 0. The summed E-state index contributed by atoms with van der Waals surface area (Å²) in [6.45, 7) is 6.51. The Bertz CT molecular complexity index is 624. The highest BCUT2D eigenvalue weighted by molar-refractivity contribution is 5.85. The number of hydrogen-bond acceptors (Lipinski definition) is 3. The van der Waals surface area contributed by atoms with Crippen molar-refractivity contribution in [2.24, 2.45) is 11.3 Å². The normalized spacial score (nSPS) is 19.5. The lowest BCUT2D eigenvalue weighted by Gasteiger charge is -2.35. The molecule has 0 aromatic heterocycles. The minimum Gasteiger partial charge on any atom is -0.355 e. The van der Waals surface area contributed by atoms with E-state index in [0.717, 1.165) is 51.7 Å². The van der Waals surface area contributed by atoms with Crippen LogP contribution in [0.1, 0.15) is 44.6 Å². The lowest BCUT2D eigenvalue weighted by molar-refractivity contribution is -0.135. The molecule has 6 heteroatoms.